The first-order chi connectivity index (χ1) is 16.2. The molecular formula is C22H17ClN4O5S2. The number of thiophene rings is 1. The van der Waals surface area contributed by atoms with Crippen molar-refractivity contribution in [3.63, 3.8) is 0 Å². The van der Waals surface area contributed by atoms with Crippen LogP contribution in [-0.4, -0.2) is 32.8 Å². The molecule has 2 aromatic carbocycles. The smallest absolute Gasteiger partial charge is 0.333 e. The molecule has 0 saturated heterocycles. The molecule has 2 aliphatic heterocycles. The Morgan fingerprint density at radius 3 is 2.50 bits per heavy atom. The summed E-state index contributed by atoms with van der Waals surface area (Å²) in [6.07, 6.45) is 0.898. The lowest BCUT2D eigenvalue weighted by molar-refractivity contribution is -0.117. The van der Waals surface area contributed by atoms with Crippen molar-refractivity contribution < 1.29 is 22.8 Å². The summed E-state index contributed by atoms with van der Waals surface area (Å²) in [5.41, 5.74) is 3.89. The van der Waals surface area contributed by atoms with Gasteiger partial charge in [-0.2, -0.15) is 0 Å². The normalized spacial score (nSPS) is 14.9. The number of nitrogens with one attached hydrogen (secondary N) is 3. The molecule has 1 aromatic heterocycles. The molecule has 9 nitrogen and oxygen atoms in total. The highest BCUT2D eigenvalue weighted by Crippen LogP contribution is 2.34. The van der Waals surface area contributed by atoms with Crippen molar-refractivity contribution in [1.82, 2.24) is 4.72 Å². The van der Waals surface area contributed by atoms with Gasteiger partial charge in [0.2, 0.25) is 5.91 Å². The van der Waals surface area contributed by atoms with E-state index in [0.29, 0.717) is 11.3 Å². The molecule has 174 valence electrons. The molecule has 0 bridgehead atoms. The van der Waals surface area contributed by atoms with E-state index in [9.17, 15) is 22.8 Å². The zero-order valence-electron chi connectivity index (χ0n) is 17.4. The third-order valence-corrected chi connectivity index (χ3v) is 8.61. The largest absolute Gasteiger partial charge is 0.384 e. The maximum atomic E-state index is 13.1. The molecule has 4 amide bonds. The highest BCUT2D eigenvalue weighted by atomic mass is 35.5. The number of benzene rings is 2. The molecule has 0 fully saturated rings. The number of hydrogen-bond acceptors (Lipinski definition) is 7. The van der Waals surface area contributed by atoms with Gasteiger partial charge in [0.05, 0.1) is 16.4 Å². The number of halogens is 1. The van der Waals surface area contributed by atoms with Crippen LogP contribution in [0, 0.1) is 0 Å². The standard InChI is InChI=1S/C22H17ClN4O5S2/c23-18-7-8-20(33-18)34(31,32)26-22(30)25-12-1-3-13(4-2-12)27-19(28)11-16-14-9-10-24-17(14)6-5-15(16)21(27)29/h1-8,24H,9-11H2,(H2,25,26,30). The quantitative estimate of drug-likeness (QED) is 0.455. The highest BCUT2D eigenvalue weighted by molar-refractivity contribution is 7.92. The summed E-state index contributed by atoms with van der Waals surface area (Å²) in [7, 11) is -4.06. The lowest BCUT2D eigenvalue weighted by Crippen LogP contribution is -2.42. The number of imide groups is 1. The average molecular weight is 517 g/mol. The molecule has 3 aromatic rings. The van der Waals surface area contributed by atoms with E-state index in [0.717, 1.165) is 46.0 Å². The van der Waals surface area contributed by atoms with Gasteiger partial charge < -0.3 is 10.6 Å². The fourth-order valence-electron chi connectivity index (χ4n) is 4.06. The number of carbonyl (C=O) groups excluding carboxylic acids is 3. The number of anilines is 3. The first kappa shape index (κ1) is 22.4. The Hall–Kier alpha value is -3.41. The van der Waals surface area contributed by atoms with Crippen molar-refractivity contribution in [1.29, 1.82) is 0 Å². The van der Waals surface area contributed by atoms with E-state index in [2.05, 4.69) is 10.6 Å². The Morgan fingerprint density at radius 1 is 1.03 bits per heavy atom. The number of hydrogen-bond donors (Lipinski definition) is 3. The van der Waals surface area contributed by atoms with Gasteiger partial charge in [0, 0.05) is 23.5 Å². The number of rotatable bonds is 4. The Labute approximate surface area is 203 Å². The first-order valence-corrected chi connectivity index (χ1v) is 12.9. The van der Waals surface area contributed by atoms with Crippen LogP contribution in [0.15, 0.2) is 52.7 Å². The van der Waals surface area contributed by atoms with Crippen LogP contribution >= 0.6 is 22.9 Å². The number of fused-ring (bicyclic) bond motifs is 3. The zero-order chi connectivity index (χ0) is 24.0. The molecule has 2 aliphatic rings. The van der Waals surface area contributed by atoms with E-state index in [-0.39, 0.29) is 26.6 Å². The predicted molar refractivity (Wildman–Crippen MR) is 129 cm³/mol. The van der Waals surface area contributed by atoms with Gasteiger partial charge in [0.25, 0.3) is 15.9 Å². The lowest BCUT2D eigenvalue weighted by Gasteiger charge is -2.28. The van der Waals surface area contributed by atoms with Crippen molar-refractivity contribution in [2.75, 3.05) is 22.1 Å². The van der Waals surface area contributed by atoms with Crippen molar-refractivity contribution in [3.8, 4) is 0 Å². The molecule has 3 N–H and O–H groups in total. The number of amides is 4. The van der Waals surface area contributed by atoms with Crippen LogP contribution in [0.25, 0.3) is 0 Å². The molecule has 3 heterocycles. The Bertz CT molecular complexity index is 1450. The summed E-state index contributed by atoms with van der Waals surface area (Å²) in [6, 6.07) is 11.3. The first-order valence-electron chi connectivity index (χ1n) is 10.2. The Morgan fingerprint density at radius 2 is 1.79 bits per heavy atom. The number of sulfonamides is 1. The summed E-state index contributed by atoms with van der Waals surface area (Å²) in [5, 5.41) is 5.67. The van der Waals surface area contributed by atoms with Crippen molar-refractivity contribution >= 4 is 67.9 Å². The van der Waals surface area contributed by atoms with Gasteiger partial charge in [0.15, 0.2) is 0 Å². The van der Waals surface area contributed by atoms with Crippen molar-refractivity contribution in [2.45, 2.75) is 17.1 Å². The molecule has 0 radical (unpaired) electrons. The molecule has 0 aliphatic carbocycles. The van der Waals surface area contributed by atoms with Crippen LogP contribution in [0.1, 0.15) is 21.5 Å². The number of carbonyl (C=O) groups is 3. The van der Waals surface area contributed by atoms with Crippen LogP contribution in [0.3, 0.4) is 0 Å². The van der Waals surface area contributed by atoms with Gasteiger partial charge in [-0.05, 0) is 66.1 Å². The molecule has 0 atom stereocenters. The van der Waals surface area contributed by atoms with Gasteiger partial charge >= 0.3 is 6.03 Å². The fraction of sp³-hybridized carbons (Fsp3) is 0.136. The summed E-state index contributed by atoms with van der Waals surface area (Å²) >= 11 is 6.58. The summed E-state index contributed by atoms with van der Waals surface area (Å²) in [5.74, 6) is -0.739. The minimum atomic E-state index is -4.06. The van der Waals surface area contributed by atoms with Crippen LogP contribution < -0.4 is 20.3 Å². The SMILES string of the molecule is O=C(Nc1ccc(N2C(=O)Cc3c(ccc4c3CCN4)C2=O)cc1)NS(=O)(=O)c1ccc(Cl)s1. The van der Waals surface area contributed by atoms with E-state index in [4.69, 9.17) is 11.6 Å². The van der Waals surface area contributed by atoms with E-state index in [1.807, 2.05) is 10.8 Å². The minimum absolute atomic E-state index is 0.0909. The van der Waals surface area contributed by atoms with Crippen LogP contribution in [0.4, 0.5) is 21.9 Å². The fourth-order valence-corrected chi connectivity index (χ4v) is 6.45. The maximum Gasteiger partial charge on any atom is 0.333 e. The third kappa shape index (κ3) is 4.02. The minimum Gasteiger partial charge on any atom is -0.384 e. The second-order valence-electron chi connectivity index (χ2n) is 7.67. The Kier molecular flexibility index (Phi) is 5.54. The Balaban J connectivity index is 1.31. The van der Waals surface area contributed by atoms with Gasteiger partial charge in [-0.1, -0.05) is 11.6 Å². The molecule has 34 heavy (non-hydrogen) atoms. The molecule has 0 saturated carbocycles. The predicted octanol–water partition coefficient (Wildman–Crippen LogP) is 3.61. The summed E-state index contributed by atoms with van der Waals surface area (Å²) in [6.45, 7) is 0.780. The van der Waals surface area contributed by atoms with E-state index in [1.54, 1.807) is 6.07 Å². The zero-order valence-corrected chi connectivity index (χ0v) is 19.8. The van der Waals surface area contributed by atoms with Crippen LogP contribution in [0.5, 0.6) is 0 Å². The topological polar surface area (TPSA) is 125 Å². The van der Waals surface area contributed by atoms with Crippen molar-refractivity contribution in [2.24, 2.45) is 0 Å². The lowest BCUT2D eigenvalue weighted by atomic mass is 9.91. The van der Waals surface area contributed by atoms with Crippen LogP contribution in [0.2, 0.25) is 4.34 Å². The van der Waals surface area contributed by atoms with Gasteiger partial charge in [-0.3, -0.25) is 9.59 Å². The van der Waals surface area contributed by atoms with Gasteiger partial charge in [-0.25, -0.2) is 22.8 Å². The summed E-state index contributed by atoms with van der Waals surface area (Å²) in [4.78, 5) is 39.3. The molecule has 0 spiro atoms. The van der Waals surface area contributed by atoms with Crippen LogP contribution in [-0.2, 0) is 27.7 Å². The average Bonchev–Trinajstić information content (AvgIpc) is 3.44. The van der Waals surface area contributed by atoms with Crippen molar-refractivity contribution in [3.05, 3.63) is 69.6 Å². The molecule has 12 heteroatoms. The summed E-state index contributed by atoms with van der Waals surface area (Å²) < 4.78 is 26.6. The monoisotopic (exact) mass is 516 g/mol. The third-order valence-electron chi connectivity index (χ3n) is 5.56. The molecule has 0 unspecified atom stereocenters. The highest BCUT2D eigenvalue weighted by Gasteiger charge is 2.35. The van der Waals surface area contributed by atoms with E-state index < -0.39 is 22.0 Å². The van der Waals surface area contributed by atoms with Gasteiger partial charge in [-0.15, -0.1) is 11.3 Å². The molecule has 5 rings (SSSR count). The second-order valence-corrected chi connectivity index (χ2v) is 11.3. The van der Waals surface area contributed by atoms with E-state index >= 15 is 0 Å². The number of nitrogens with zero attached hydrogens (tertiary/aromatic N) is 1. The maximum absolute atomic E-state index is 13.1. The number of urea groups is 1. The van der Waals surface area contributed by atoms with E-state index in [1.165, 1.54) is 36.4 Å². The second kappa shape index (κ2) is 8.42. The molecular weight excluding hydrogens is 500 g/mol. The van der Waals surface area contributed by atoms with Gasteiger partial charge in [0.1, 0.15) is 4.21 Å².